The zero-order valence-electron chi connectivity index (χ0n) is 9.84. The first-order valence-electron chi connectivity index (χ1n) is 5.46. The van der Waals surface area contributed by atoms with Crippen LogP contribution in [0, 0.1) is 22.5 Å². The molecule has 0 spiro atoms. The minimum atomic E-state index is -0.552. The molecule has 0 saturated heterocycles. The van der Waals surface area contributed by atoms with Crippen molar-refractivity contribution in [1.29, 1.82) is 0 Å². The third-order valence-corrected chi connectivity index (χ3v) is 2.54. The van der Waals surface area contributed by atoms with Gasteiger partial charge in [0.25, 0.3) is 11.2 Å². The summed E-state index contributed by atoms with van der Waals surface area (Å²) in [6.07, 6.45) is 6.81. The molecule has 2 rings (SSSR count). The molecular formula is C12H10N4O3. The maximum absolute atomic E-state index is 11.6. The summed E-state index contributed by atoms with van der Waals surface area (Å²) < 4.78 is 0. The number of aromatic amines is 1. The molecule has 0 atom stereocenters. The van der Waals surface area contributed by atoms with E-state index in [-0.39, 0.29) is 11.1 Å². The van der Waals surface area contributed by atoms with E-state index in [4.69, 9.17) is 6.42 Å². The van der Waals surface area contributed by atoms with Gasteiger partial charge in [0.1, 0.15) is 5.69 Å². The first-order valence-corrected chi connectivity index (χ1v) is 5.46. The molecule has 7 nitrogen and oxygen atoms in total. The molecule has 0 bridgehead atoms. The molecular weight excluding hydrogens is 248 g/mol. The number of nitrogens with zero attached hydrogens (tertiary/aromatic N) is 2. The van der Waals surface area contributed by atoms with Crippen LogP contribution in [-0.4, -0.2) is 21.4 Å². The minimum Gasteiger partial charge on any atom is -0.378 e. The minimum absolute atomic E-state index is 0.177. The molecule has 1 aromatic carbocycles. The van der Waals surface area contributed by atoms with E-state index in [1.165, 1.54) is 18.5 Å². The van der Waals surface area contributed by atoms with Crippen LogP contribution in [0.1, 0.15) is 6.42 Å². The van der Waals surface area contributed by atoms with Crippen LogP contribution in [0.3, 0.4) is 0 Å². The van der Waals surface area contributed by atoms with E-state index in [1.807, 2.05) is 0 Å². The van der Waals surface area contributed by atoms with Crippen LogP contribution in [0.4, 0.5) is 11.4 Å². The molecule has 1 heterocycles. The Morgan fingerprint density at radius 2 is 2.32 bits per heavy atom. The number of nitrogens with one attached hydrogen (secondary N) is 2. The Balaban J connectivity index is 2.55. The molecule has 0 radical (unpaired) electrons. The Morgan fingerprint density at radius 1 is 1.53 bits per heavy atom. The van der Waals surface area contributed by atoms with Crippen molar-refractivity contribution in [3.05, 3.63) is 38.9 Å². The van der Waals surface area contributed by atoms with Gasteiger partial charge < -0.3 is 10.3 Å². The largest absolute Gasteiger partial charge is 0.378 e. The Labute approximate surface area is 107 Å². The van der Waals surface area contributed by atoms with Crippen LogP contribution in [0.15, 0.2) is 23.3 Å². The van der Waals surface area contributed by atoms with Crippen LogP contribution in [0.5, 0.6) is 0 Å². The van der Waals surface area contributed by atoms with E-state index < -0.39 is 10.5 Å². The highest BCUT2D eigenvalue weighted by Gasteiger charge is 2.16. The van der Waals surface area contributed by atoms with Gasteiger partial charge in [-0.1, -0.05) is 0 Å². The molecule has 0 aliphatic carbocycles. The molecule has 0 unspecified atom stereocenters. The average molecular weight is 258 g/mol. The third-order valence-electron chi connectivity index (χ3n) is 2.54. The molecule has 2 aromatic rings. The molecule has 1 aromatic heterocycles. The van der Waals surface area contributed by atoms with Crippen molar-refractivity contribution < 1.29 is 4.92 Å². The van der Waals surface area contributed by atoms with E-state index in [1.54, 1.807) is 0 Å². The fourth-order valence-electron chi connectivity index (χ4n) is 1.67. The highest BCUT2D eigenvalue weighted by Crippen LogP contribution is 2.27. The molecule has 0 aliphatic heterocycles. The maximum atomic E-state index is 11.6. The molecule has 96 valence electrons. The molecule has 2 N–H and O–H groups in total. The summed E-state index contributed by atoms with van der Waals surface area (Å²) in [4.78, 5) is 28.4. The van der Waals surface area contributed by atoms with E-state index in [2.05, 4.69) is 21.2 Å². The molecule has 0 amide bonds. The zero-order valence-corrected chi connectivity index (χ0v) is 9.84. The van der Waals surface area contributed by atoms with Gasteiger partial charge in [-0.2, -0.15) is 0 Å². The summed E-state index contributed by atoms with van der Waals surface area (Å²) >= 11 is 0. The Hall–Kier alpha value is -2.88. The van der Waals surface area contributed by atoms with Gasteiger partial charge in [-0.25, -0.2) is 4.98 Å². The number of nitro benzene ring substituents is 1. The Bertz CT molecular complexity index is 730. The highest BCUT2D eigenvalue weighted by molar-refractivity contribution is 5.86. The lowest BCUT2D eigenvalue weighted by molar-refractivity contribution is -0.383. The Kier molecular flexibility index (Phi) is 3.43. The van der Waals surface area contributed by atoms with Crippen LogP contribution < -0.4 is 10.9 Å². The van der Waals surface area contributed by atoms with Crippen molar-refractivity contribution in [2.24, 2.45) is 0 Å². The van der Waals surface area contributed by atoms with Gasteiger partial charge in [0, 0.05) is 19.0 Å². The number of benzene rings is 1. The number of terminal acetylenes is 1. The number of fused-ring (bicyclic) bond motifs is 1. The van der Waals surface area contributed by atoms with Crippen molar-refractivity contribution in [3.8, 4) is 12.3 Å². The van der Waals surface area contributed by atoms with Crippen molar-refractivity contribution in [2.45, 2.75) is 6.42 Å². The number of rotatable bonds is 4. The maximum Gasteiger partial charge on any atom is 0.293 e. The second-order valence-electron chi connectivity index (χ2n) is 3.76. The molecule has 19 heavy (non-hydrogen) atoms. The van der Waals surface area contributed by atoms with Gasteiger partial charge >= 0.3 is 0 Å². The standard InChI is InChI=1S/C12H10N4O3/c1-2-3-4-13-10-6-9-8(5-11(10)16(18)19)12(17)15-7-14-9/h1,5-7,13H,3-4H2,(H,14,15,17). The number of anilines is 1. The summed E-state index contributed by atoms with van der Waals surface area (Å²) in [6.45, 7) is 0.409. The smallest absolute Gasteiger partial charge is 0.293 e. The van der Waals surface area contributed by atoms with Gasteiger partial charge in [0.2, 0.25) is 0 Å². The lowest BCUT2D eigenvalue weighted by Crippen LogP contribution is -2.09. The number of aromatic nitrogens is 2. The van der Waals surface area contributed by atoms with E-state index in [9.17, 15) is 14.9 Å². The van der Waals surface area contributed by atoms with Crippen molar-refractivity contribution in [2.75, 3.05) is 11.9 Å². The topological polar surface area (TPSA) is 101 Å². The fourth-order valence-corrected chi connectivity index (χ4v) is 1.67. The summed E-state index contributed by atoms with van der Waals surface area (Å²) in [5.74, 6) is 2.43. The number of hydrogen-bond acceptors (Lipinski definition) is 5. The monoisotopic (exact) mass is 258 g/mol. The van der Waals surface area contributed by atoms with Crippen LogP contribution >= 0.6 is 0 Å². The predicted octanol–water partition coefficient (Wildman–Crippen LogP) is 1.27. The summed E-state index contributed by atoms with van der Waals surface area (Å²) in [5.41, 5.74) is 0.0923. The van der Waals surface area contributed by atoms with Gasteiger partial charge in [-0.3, -0.25) is 14.9 Å². The van der Waals surface area contributed by atoms with E-state index in [0.29, 0.717) is 24.2 Å². The van der Waals surface area contributed by atoms with Gasteiger partial charge in [0.15, 0.2) is 0 Å². The SMILES string of the molecule is C#CCCNc1cc2nc[nH]c(=O)c2cc1[N+](=O)[O-]. The lowest BCUT2D eigenvalue weighted by Gasteiger charge is -2.06. The predicted molar refractivity (Wildman–Crippen MR) is 71.0 cm³/mol. The second-order valence-corrected chi connectivity index (χ2v) is 3.76. The number of H-pyrrole nitrogens is 1. The fraction of sp³-hybridized carbons (Fsp3) is 0.167. The third kappa shape index (κ3) is 2.52. The van der Waals surface area contributed by atoms with Crippen molar-refractivity contribution in [1.82, 2.24) is 9.97 Å². The van der Waals surface area contributed by atoms with E-state index in [0.717, 1.165) is 0 Å². The molecule has 0 saturated carbocycles. The second kappa shape index (κ2) is 5.18. The quantitative estimate of drug-likeness (QED) is 0.372. The van der Waals surface area contributed by atoms with Gasteiger partial charge in [-0.15, -0.1) is 12.3 Å². The first kappa shape index (κ1) is 12.6. The van der Waals surface area contributed by atoms with Crippen LogP contribution in [0.2, 0.25) is 0 Å². The Morgan fingerprint density at radius 3 is 3.00 bits per heavy atom. The summed E-state index contributed by atoms with van der Waals surface area (Å²) in [7, 11) is 0. The molecule has 7 heteroatoms. The molecule has 0 aliphatic rings. The molecule has 0 fully saturated rings. The normalized spacial score (nSPS) is 10.1. The first-order chi connectivity index (χ1) is 9.13. The van der Waals surface area contributed by atoms with Crippen molar-refractivity contribution >= 4 is 22.3 Å². The van der Waals surface area contributed by atoms with Crippen LogP contribution in [-0.2, 0) is 0 Å². The summed E-state index contributed by atoms with van der Waals surface area (Å²) in [5, 5.41) is 14.1. The lowest BCUT2D eigenvalue weighted by atomic mass is 10.2. The average Bonchev–Trinajstić information content (AvgIpc) is 2.38. The van der Waals surface area contributed by atoms with Crippen molar-refractivity contribution in [3.63, 3.8) is 0 Å². The number of nitro groups is 1. The van der Waals surface area contributed by atoms with E-state index >= 15 is 0 Å². The van der Waals surface area contributed by atoms with Gasteiger partial charge in [-0.05, 0) is 6.07 Å². The number of hydrogen-bond donors (Lipinski definition) is 2. The summed E-state index contributed by atoms with van der Waals surface area (Å²) in [6, 6.07) is 2.68. The zero-order chi connectivity index (χ0) is 13.8. The van der Waals surface area contributed by atoms with Gasteiger partial charge in [0.05, 0.1) is 22.2 Å². The highest BCUT2D eigenvalue weighted by atomic mass is 16.6. The van der Waals surface area contributed by atoms with Crippen LogP contribution in [0.25, 0.3) is 10.9 Å².